The Bertz CT molecular complexity index is 1160. The summed E-state index contributed by atoms with van der Waals surface area (Å²) in [4.78, 5) is 26.0. The molecular formula is C25H31FN4O2. The normalized spacial score (nSPS) is 15.8. The molecule has 1 amide bonds. The summed E-state index contributed by atoms with van der Waals surface area (Å²) < 4.78 is 14.1. The molecule has 2 heterocycles. The number of nitrogens with zero attached hydrogens (tertiary/aromatic N) is 4. The van der Waals surface area contributed by atoms with Gasteiger partial charge in [0.2, 0.25) is 0 Å². The molecule has 0 unspecified atom stereocenters. The maximum absolute atomic E-state index is 14.1. The molecule has 4 rings (SSSR count). The number of aryl methyl sites for hydroxylation is 1. The van der Waals surface area contributed by atoms with E-state index < -0.39 is 11.5 Å². The number of anilines is 1. The van der Waals surface area contributed by atoms with Crippen molar-refractivity contribution >= 4 is 22.6 Å². The van der Waals surface area contributed by atoms with Crippen LogP contribution >= 0.6 is 0 Å². The van der Waals surface area contributed by atoms with Gasteiger partial charge in [0.25, 0.3) is 5.91 Å². The van der Waals surface area contributed by atoms with Crippen LogP contribution in [0.25, 0.3) is 22.3 Å². The van der Waals surface area contributed by atoms with Crippen LogP contribution in [0.5, 0.6) is 0 Å². The van der Waals surface area contributed by atoms with Crippen molar-refractivity contribution in [3.05, 3.63) is 53.8 Å². The van der Waals surface area contributed by atoms with Gasteiger partial charge >= 0.3 is 0 Å². The van der Waals surface area contributed by atoms with Crippen molar-refractivity contribution in [2.24, 2.45) is 5.41 Å². The van der Waals surface area contributed by atoms with Crippen molar-refractivity contribution in [2.75, 3.05) is 31.1 Å². The Kier molecular flexibility index (Phi) is 5.86. The minimum atomic E-state index is -1.05. The van der Waals surface area contributed by atoms with Crippen LogP contribution in [0.15, 0.2) is 42.5 Å². The predicted molar refractivity (Wildman–Crippen MR) is 126 cm³/mol. The largest absolute Gasteiger partial charge is 0.383 e. The Morgan fingerprint density at radius 3 is 2.44 bits per heavy atom. The lowest BCUT2D eigenvalue weighted by molar-refractivity contribution is -0.146. The number of hydrogen-bond acceptors (Lipinski definition) is 5. The van der Waals surface area contributed by atoms with E-state index in [0.29, 0.717) is 48.7 Å². The fourth-order valence-electron chi connectivity index (χ4n) is 3.95. The second-order valence-corrected chi connectivity index (χ2v) is 9.43. The standard InChI is InChI=1S/C25H29FN4O2.H2/c1-16-7-5-6-8-18(16)22-27-20-10-9-17(26)15-19(20)23(28-22)29-11-13-30(14-12-29)24(32)21(31)25(2,3)4;/h5-10,15,21,31H,11-14H2,1-4H3;1H/t21-;/m0./s1. The van der Waals surface area contributed by atoms with Crippen molar-refractivity contribution in [3.63, 3.8) is 0 Å². The molecule has 32 heavy (non-hydrogen) atoms. The summed E-state index contributed by atoms with van der Waals surface area (Å²) in [5.74, 6) is 0.666. The smallest absolute Gasteiger partial charge is 0.252 e. The molecule has 1 aliphatic heterocycles. The molecule has 2 aromatic carbocycles. The summed E-state index contributed by atoms with van der Waals surface area (Å²) in [6.07, 6.45) is -1.05. The van der Waals surface area contributed by atoms with Gasteiger partial charge in [-0.2, -0.15) is 0 Å². The minimum absolute atomic E-state index is 0. The number of hydrogen-bond donors (Lipinski definition) is 1. The van der Waals surface area contributed by atoms with Gasteiger partial charge in [-0.1, -0.05) is 45.0 Å². The first-order chi connectivity index (χ1) is 15.1. The molecule has 1 atom stereocenters. The minimum Gasteiger partial charge on any atom is -0.383 e. The number of amides is 1. The average molecular weight is 439 g/mol. The summed E-state index contributed by atoms with van der Waals surface area (Å²) in [7, 11) is 0. The van der Waals surface area contributed by atoms with Crippen LogP contribution in [-0.4, -0.2) is 58.2 Å². The highest BCUT2D eigenvalue weighted by atomic mass is 19.1. The molecule has 6 nitrogen and oxygen atoms in total. The molecule has 0 spiro atoms. The Morgan fingerprint density at radius 2 is 1.78 bits per heavy atom. The summed E-state index contributed by atoms with van der Waals surface area (Å²) in [6.45, 7) is 9.56. The molecule has 0 aliphatic carbocycles. The Labute approximate surface area is 189 Å². The first-order valence-electron chi connectivity index (χ1n) is 10.9. The van der Waals surface area contributed by atoms with Gasteiger partial charge in [-0.3, -0.25) is 4.79 Å². The number of piperazine rings is 1. The second-order valence-electron chi connectivity index (χ2n) is 9.43. The van der Waals surface area contributed by atoms with Crippen LogP contribution in [0, 0.1) is 18.2 Å². The predicted octanol–water partition coefficient (Wildman–Crippen LogP) is 4.05. The van der Waals surface area contributed by atoms with Gasteiger partial charge in [0, 0.05) is 38.6 Å². The van der Waals surface area contributed by atoms with Gasteiger partial charge in [-0.05, 0) is 36.1 Å². The number of benzene rings is 2. The molecule has 0 saturated carbocycles. The third-order valence-corrected chi connectivity index (χ3v) is 5.97. The zero-order valence-electron chi connectivity index (χ0n) is 19.0. The fourth-order valence-corrected chi connectivity index (χ4v) is 3.95. The SMILES string of the molecule is Cc1ccccc1-c1nc(N2CCN(C(=O)[C@H](O)C(C)(C)C)CC2)c2cc(F)ccc2n1.[HH]. The quantitative estimate of drug-likeness (QED) is 0.668. The Hall–Kier alpha value is -3.06. The zero-order valence-corrected chi connectivity index (χ0v) is 19.0. The van der Waals surface area contributed by atoms with E-state index in [1.165, 1.54) is 12.1 Å². The first kappa shape index (κ1) is 22.1. The molecule has 0 bridgehead atoms. The summed E-state index contributed by atoms with van der Waals surface area (Å²) in [5.41, 5.74) is 2.15. The highest BCUT2D eigenvalue weighted by Gasteiger charge is 2.34. The monoisotopic (exact) mass is 438 g/mol. The highest BCUT2D eigenvalue weighted by Crippen LogP contribution is 2.30. The van der Waals surface area contributed by atoms with Crippen molar-refractivity contribution in [1.29, 1.82) is 0 Å². The lowest BCUT2D eigenvalue weighted by Crippen LogP contribution is -2.53. The van der Waals surface area contributed by atoms with E-state index >= 15 is 0 Å². The van der Waals surface area contributed by atoms with E-state index in [-0.39, 0.29) is 13.2 Å². The van der Waals surface area contributed by atoms with Gasteiger partial charge in [-0.15, -0.1) is 0 Å². The van der Waals surface area contributed by atoms with Crippen LogP contribution in [0.2, 0.25) is 0 Å². The fraction of sp³-hybridized carbons (Fsp3) is 0.400. The maximum Gasteiger partial charge on any atom is 0.252 e. The summed E-state index contributed by atoms with van der Waals surface area (Å²) in [5, 5.41) is 11.0. The molecule has 170 valence electrons. The van der Waals surface area contributed by atoms with Gasteiger partial charge in [0.1, 0.15) is 17.7 Å². The molecular weight excluding hydrogens is 407 g/mol. The molecule has 0 radical (unpaired) electrons. The van der Waals surface area contributed by atoms with E-state index in [9.17, 15) is 14.3 Å². The second kappa shape index (κ2) is 8.47. The molecule has 1 N–H and O–H groups in total. The van der Waals surface area contributed by atoms with Crippen molar-refractivity contribution in [1.82, 2.24) is 14.9 Å². The van der Waals surface area contributed by atoms with Crippen LogP contribution in [0.3, 0.4) is 0 Å². The average Bonchev–Trinajstić information content (AvgIpc) is 2.77. The third kappa shape index (κ3) is 4.30. The van der Waals surface area contributed by atoms with Gasteiger partial charge < -0.3 is 14.9 Å². The third-order valence-electron chi connectivity index (χ3n) is 5.97. The Balaban J connectivity index is 0.00000306. The zero-order chi connectivity index (χ0) is 23.0. The van der Waals surface area contributed by atoms with Crippen LogP contribution in [-0.2, 0) is 4.79 Å². The first-order valence-corrected chi connectivity index (χ1v) is 10.9. The van der Waals surface area contributed by atoms with Crippen LogP contribution < -0.4 is 4.90 Å². The van der Waals surface area contributed by atoms with Crippen LogP contribution in [0.4, 0.5) is 10.2 Å². The van der Waals surface area contributed by atoms with E-state index in [1.807, 2.05) is 52.0 Å². The Morgan fingerprint density at radius 1 is 1.09 bits per heavy atom. The lowest BCUT2D eigenvalue weighted by Gasteiger charge is -2.38. The van der Waals surface area contributed by atoms with Crippen molar-refractivity contribution in [2.45, 2.75) is 33.8 Å². The van der Waals surface area contributed by atoms with E-state index in [4.69, 9.17) is 9.97 Å². The van der Waals surface area contributed by atoms with Crippen LogP contribution in [0.1, 0.15) is 27.8 Å². The molecule has 1 aromatic heterocycles. The lowest BCUT2D eigenvalue weighted by atomic mass is 9.88. The molecule has 1 fully saturated rings. The molecule has 3 aromatic rings. The number of halogens is 1. The number of aliphatic hydroxyl groups is 1. The number of aromatic nitrogens is 2. The van der Waals surface area contributed by atoms with E-state index in [2.05, 4.69) is 4.90 Å². The highest BCUT2D eigenvalue weighted by molar-refractivity contribution is 5.91. The number of carbonyl (C=O) groups excluding carboxylic acids is 1. The summed E-state index contributed by atoms with van der Waals surface area (Å²) >= 11 is 0. The number of carbonyl (C=O) groups is 1. The molecule has 1 saturated heterocycles. The van der Waals surface area contributed by atoms with Gasteiger partial charge in [0.15, 0.2) is 5.82 Å². The van der Waals surface area contributed by atoms with E-state index in [0.717, 1.165) is 11.1 Å². The summed E-state index contributed by atoms with van der Waals surface area (Å²) in [6, 6.07) is 12.5. The van der Waals surface area contributed by atoms with Gasteiger partial charge in [-0.25, -0.2) is 14.4 Å². The maximum atomic E-state index is 14.1. The van der Waals surface area contributed by atoms with E-state index in [1.54, 1.807) is 11.0 Å². The molecule has 1 aliphatic rings. The number of rotatable bonds is 3. The number of aliphatic hydroxyl groups excluding tert-OH is 1. The number of fused-ring (bicyclic) bond motifs is 1. The molecule has 7 heteroatoms. The van der Waals surface area contributed by atoms with Gasteiger partial charge in [0.05, 0.1) is 5.52 Å². The topological polar surface area (TPSA) is 69.6 Å². The van der Waals surface area contributed by atoms with Crippen molar-refractivity contribution < 1.29 is 15.7 Å². The van der Waals surface area contributed by atoms with Crippen molar-refractivity contribution in [3.8, 4) is 11.4 Å².